The molecule has 0 saturated carbocycles. The van der Waals surface area contributed by atoms with Crippen molar-refractivity contribution in [3.63, 3.8) is 0 Å². The normalized spacial score (nSPS) is 12.3. The van der Waals surface area contributed by atoms with Gasteiger partial charge in [-0.05, 0) is 19.4 Å². The predicted molar refractivity (Wildman–Crippen MR) is 84.4 cm³/mol. The van der Waals surface area contributed by atoms with Gasteiger partial charge in [0.05, 0.1) is 0 Å². The van der Waals surface area contributed by atoms with Crippen LogP contribution in [0.5, 0.6) is 0 Å². The molecule has 0 spiro atoms. The quantitative estimate of drug-likeness (QED) is 0.857. The molecule has 4 heteroatoms. The number of carbonyl (C=O) groups is 1. The third-order valence-corrected chi connectivity index (χ3v) is 3.13. The van der Waals surface area contributed by atoms with Gasteiger partial charge < -0.3 is 5.32 Å². The average Bonchev–Trinajstić information content (AvgIpc) is 2.54. The fourth-order valence-electron chi connectivity index (χ4n) is 1.73. The van der Waals surface area contributed by atoms with Gasteiger partial charge in [0, 0.05) is 35.6 Å². The third kappa shape index (κ3) is 4.53. The topological polar surface area (TPSA) is 54.9 Å². The molecule has 0 aliphatic rings. The number of nitrogens with one attached hydrogen (secondary N) is 1. The van der Waals surface area contributed by atoms with E-state index in [-0.39, 0.29) is 11.9 Å². The molecule has 21 heavy (non-hydrogen) atoms. The highest BCUT2D eigenvalue weighted by atomic mass is 16.1. The first-order valence-corrected chi connectivity index (χ1v) is 7.05. The summed E-state index contributed by atoms with van der Waals surface area (Å²) in [7, 11) is 0. The van der Waals surface area contributed by atoms with E-state index in [0.717, 1.165) is 17.5 Å². The monoisotopic (exact) mass is 281 g/mol. The predicted octanol–water partition coefficient (Wildman–Crippen LogP) is 3.07. The van der Waals surface area contributed by atoms with Crippen molar-refractivity contribution in [3.05, 3.63) is 54.4 Å². The molecule has 0 radical (unpaired) electrons. The Balaban J connectivity index is 2.01. The van der Waals surface area contributed by atoms with Crippen LogP contribution in [0.4, 0.5) is 0 Å². The highest BCUT2D eigenvalue weighted by Crippen LogP contribution is 2.13. The van der Waals surface area contributed by atoms with Crippen molar-refractivity contribution in [1.82, 2.24) is 15.3 Å². The van der Waals surface area contributed by atoms with Crippen LogP contribution in [-0.4, -0.2) is 21.9 Å². The fourth-order valence-corrected chi connectivity index (χ4v) is 1.73. The Morgan fingerprint density at radius 3 is 2.52 bits per heavy atom. The third-order valence-electron chi connectivity index (χ3n) is 3.13. The van der Waals surface area contributed by atoms with Gasteiger partial charge >= 0.3 is 0 Å². The van der Waals surface area contributed by atoms with Crippen LogP contribution < -0.4 is 5.32 Å². The lowest BCUT2D eigenvalue weighted by atomic mass is 10.2. The van der Waals surface area contributed by atoms with E-state index in [1.807, 2.05) is 44.2 Å². The Hall–Kier alpha value is -2.49. The lowest BCUT2D eigenvalue weighted by Gasteiger charge is -2.08. The molecule has 2 aromatic rings. The van der Waals surface area contributed by atoms with E-state index in [1.165, 1.54) is 6.08 Å². The van der Waals surface area contributed by atoms with E-state index in [4.69, 9.17) is 0 Å². The average molecular weight is 281 g/mol. The Morgan fingerprint density at radius 1 is 1.24 bits per heavy atom. The van der Waals surface area contributed by atoms with Crippen LogP contribution in [0.3, 0.4) is 0 Å². The fraction of sp³-hybridized carbons (Fsp3) is 0.235. The minimum Gasteiger partial charge on any atom is -0.350 e. The molecule has 0 saturated heterocycles. The minimum atomic E-state index is -0.100. The van der Waals surface area contributed by atoms with Crippen LogP contribution in [0.1, 0.15) is 25.8 Å². The summed E-state index contributed by atoms with van der Waals surface area (Å²) in [6, 6.07) is 9.96. The zero-order chi connectivity index (χ0) is 15.1. The molecule has 1 N–H and O–H groups in total. The van der Waals surface area contributed by atoms with Crippen molar-refractivity contribution in [2.45, 2.75) is 26.3 Å². The van der Waals surface area contributed by atoms with Crippen molar-refractivity contribution in [3.8, 4) is 11.4 Å². The van der Waals surface area contributed by atoms with Crippen molar-refractivity contribution >= 4 is 12.0 Å². The molecule has 2 rings (SSSR count). The summed E-state index contributed by atoms with van der Waals surface area (Å²) >= 11 is 0. The lowest BCUT2D eigenvalue weighted by Crippen LogP contribution is -2.30. The number of aromatic nitrogens is 2. The molecule has 0 unspecified atom stereocenters. The highest BCUT2D eigenvalue weighted by molar-refractivity contribution is 5.91. The number of rotatable bonds is 5. The molecular formula is C17H19N3O. The molecule has 0 aliphatic carbocycles. The van der Waals surface area contributed by atoms with Crippen LogP contribution in [0.25, 0.3) is 17.5 Å². The second-order valence-corrected chi connectivity index (χ2v) is 4.86. The molecule has 1 heterocycles. The summed E-state index contributed by atoms with van der Waals surface area (Å²) in [4.78, 5) is 20.3. The molecule has 0 aliphatic heterocycles. The van der Waals surface area contributed by atoms with E-state index in [1.54, 1.807) is 18.5 Å². The summed E-state index contributed by atoms with van der Waals surface area (Å²) in [5.74, 6) is 0.577. The Morgan fingerprint density at radius 2 is 1.90 bits per heavy atom. The van der Waals surface area contributed by atoms with Gasteiger partial charge in [-0.2, -0.15) is 0 Å². The molecule has 1 amide bonds. The molecule has 1 aromatic heterocycles. The Kier molecular flexibility index (Phi) is 5.21. The van der Waals surface area contributed by atoms with E-state index < -0.39 is 0 Å². The van der Waals surface area contributed by atoms with Gasteiger partial charge in [0.25, 0.3) is 0 Å². The number of benzene rings is 1. The number of carbonyl (C=O) groups excluding carboxylic acids is 1. The van der Waals surface area contributed by atoms with Crippen LogP contribution in [0.2, 0.25) is 0 Å². The molecule has 108 valence electrons. The van der Waals surface area contributed by atoms with E-state index in [2.05, 4.69) is 15.3 Å². The Bertz CT molecular complexity index is 606. The second kappa shape index (κ2) is 7.33. The van der Waals surface area contributed by atoms with Crippen LogP contribution in [-0.2, 0) is 4.79 Å². The number of hydrogen-bond donors (Lipinski definition) is 1. The van der Waals surface area contributed by atoms with Crippen LogP contribution in [0, 0.1) is 0 Å². The van der Waals surface area contributed by atoms with Crippen molar-refractivity contribution in [2.24, 2.45) is 0 Å². The van der Waals surface area contributed by atoms with Crippen molar-refractivity contribution in [2.75, 3.05) is 0 Å². The number of amides is 1. The summed E-state index contributed by atoms with van der Waals surface area (Å²) < 4.78 is 0. The van der Waals surface area contributed by atoms with Gasteiger partial charge in [-0.3, -0.25) is 4.79 Å². The second-order valence-electron chi connectivity index (χ2n) is 4.86. The summed E-state index contributed by atoms with van der Waals surface area (Å²) in [5.41, 5.74) is 1.77. The highest BCUT2D eigenvalue weighted by Gasteiger charge is 2.02. The zero-order valence-corrected chi connectivity index (χ0v) is 12.3. The summed E-state index contributed by atoms with van der Waals surface area (Å²) in [5, 5.41) is 2.87. The van der Waals surface area contributed by atoms with Gasteiger partial charge in [0.15, 0.2) is 5.82 Å². The van der Waals surface area contributed by atoms with Gasteiger partial charge in [-0.25, -0.2) is 9.97 Å². The molecular weight excluding hydrogens is 262 g/mol. The summed E-state index contributed by atoms with van der Waals surface area (Å²) in [6.45, 7) is 4.01. The van der Waals surface area contributed by atoms with E-state index in [0.29, 0.717) is 5.82 Å². The molecule has 1 atom stereocenters. The molecule has 0 fully saturated rings. The number of hydrogen-bond acceptors (Lipinski definition) is 3. The first kappa shape index (κ1) is 14.9. The standard InChI is InChI=1S/C17H19N3O/c1-3-13(2)20-16(21)10-9-14-11-18-17(19-12-14)15-7-5-4-6-8-15/h4-13H,3H2,1-2H3,(H,20,21)/b10-9+/t13-/m1/s1. The smallest absolute Gasteiger partial charge is 0.244 e. The maximum Gasteiger partial charge on any atom is 0.244 e. The van der Waals surface area contributed by atoms with Gasteiger partial charge in [0.2, 0.25) is 5.91 Å². The largest absolute Gasteiger partial charge is 0.350 e. The first-order valence-electron chi connectivity index (χ1n) is 7.05. The van der Waals surface area contributed by atoms with Crippen LogP contribution in [0.15, 0.2) is 48.8 Å². The Labute approximate surface area is 125 Å². The SMILES string of the molecule is CC[C@@H](C)NC(=O)/C=C/c1cnc(-c2ccccc2)nc1. The maximum absolute atomic E-state index is 11.6. The van der Waals surface area contributed by atoms with Crippen molar-refractivity contribution in [1.29, 1.82) is 0 Å². The minimum absolute atomic E-state index is 0.100. The van der Waals surface area contributed by atoms with Gasteiger partial charge in [0.1, 0.15) is 0 Å². The molecule has 0 bridgehead atoms. The van der Waals surface area contributed by atoms with Gasteiger partial charge in [-0.15, -0.1) is 0 Å². The molecule has 1 aromatic carbocycles. The molecule has 4 nitrogen and oxygen atoms in total. The van der Waals surface area contributed by atoms with Crippen molar-refractivity contribution < 1.29 is 4.79 Å². The first-order chi connectivity index (χ1) is 10.2. The number of nitrogens with zero attached hydrogens (tertiary/aromatic N) is 2. The maximum atomic E-state index is 11.6. The van der Waals surface area contributed by atoms with Gasteiger partial charge in [-0.1, -0.05) is 37.3 Å². The van der Waals surface area contributed by atoms with Crippen LogP contribution >= 0.6 is 0 Å². The zero-order valence-electron chi connectivity index (χ0n) is 12.3. The lowest BCUT2D eigenvalue weighted by molar-refractivity contribution is -0.117. The van der Waals surface area contributed by atoms with E-state index in [9.17, 15) is 4.79 Å². The van der Waals surface area contributed by atoms with E-state index >= 15 is 0 Å². The summed E-state index contributed by atoms with van der Waals surface area (Å²) in [6.07, 6.45) is 7.55.